The molecule has 1 saturated heterocycles. The Bertz CT molecular complexity index is 1080. The minimum atomic E-state index is 0.482. The molecule has 0 unspecified atom stereocenters. The SMILES string of the molecule is c1cncc(-c2cc3c(-c4cncc(NC5CCNCC5)c4)n[nH]c3cn2)c1. The largest absolute Gasteiger partial charge is 0.381 e. The molecule has 0 spiro atoms. The second kappa shape index (κ2) is 7.36. The Kier molecular flexibility index (Phi) is 4.42. The minimum absolute atomic E-state index is 0.482. The number of pyridine rings is 3. The molecule has 1 fully saturated rings. The van der Waals surface area contributed by atoms with E-state index >= 15 is 0 Å². The van der Waals surface area contributed by atoms with Crippen LogP contribution in [0.4, 0.5) is 5.69 Å². The summed E-state index contributed by atoms with van der Waals surface area (Å²) in [5.74, 6) is 0. The quantitative estimate of drug-likeness (QED) is 0.510. The molecule has 4 aromatic rings. The van der Waals surface area contributed by atoms with E-state index in [1.807, 2.05) is 36.9 Å². The normalized spacial score (nSPS) is 15.0. The molecule has 7 heteroatoms. The fraction of sp³-hybridized carbons (Fsp3) is 0.238. The van der Waals surface area contributed by atoms with Gasteiger partial charge in [0.1, 0.15) is 5.69 Å². The van der Waals surface area contributed by atoms with Crippen LogP contribution in [0.25, 0.3) is 33.4 Å². The molecule has 7 nitrogen and oxygen atoms in total. The molecule has 0 atom stereocenters. The fourth-order valence-electron chi connectivity index (χ4n) is 3.66. The maximum absolute atomic E-state index is 4.53. The summed E-state index contributed by atoms with van der Waals surface area (Å²) in [6, 6.07) is 8.58. The lowest BCUT2D eigenvalue weighted by atomic mass is 10.1. The Morgan fingerprint density at radius 1 is 0.964 bits per heavy atom. The molecule has 4 aromatic heterocycles. The van der Waals surface area contributed by atoms with E-state index in [1.165, 1.54) is 0 Å². The number of hydrogen-bond donors (Lipinski definition) is 3. The molecule has 5 heterocycles. The van der Waals surface area contributed by atoms with Gasteiger partial charge in [-0.05, 0) is 50.2 Å². The van der Waals surface area contributed by atoms with Crippen molar-refractivity contribution in [2.45, 2.75) is 18.9 Å². The Morgan fingerprint density at radius 3 is 2.71 bits per heavy atom. The minimum Gasteiger partial charge on any atom is -0.381 e. The first-order valence-corrected chi connectivity index (χ1v) is 9.54. The predicted octanol–water partition coefficient (Wildman–Crippen LogP) is 3.25. The third kappa shape index (κ3) is 3.32. The number of nitrogens with one attached hydrogen (secondary N) is 3. The molecule has 140 valence electrons. The monoisotopic (exact) mass is 371 g/mol. The van der Waals surface area contributed by atoms with Crippen LogP contribution in [0.2, 0.25) is 0 Å². The van der Waals surface area contributed by atoms with Crippen molar-refractivity contribution in [3.8, 4) is 22.5 Å². The number of fused-ring (bicyclic) bond motifs is 1. The van der Waals surface area contributed by atoms with E-state index in [9.17, 15) is 0 Å². The third-order valence-corrected chi connectivity index (χ3v) is 5.13. The van der Waals surface area contributed by atoms with Gasteiger partial charge in [-0.2, -0.15) is 5.10 Å². The molecule has 1 aliphatic heterocycles. The lowest BCUT2D eigenvalue weighted by Crippen LogP contribution is -2.35. The van der Waals surface area contributed by atoms with Crippen LogP contribution in [-0.2, 0) is 0 Å². The van der Waals surface area contributed by atoms with Gasteiger partial charge < -0.3 is 10.6 Å². The summed E-state index contributed by atoms with van der Waals surface area (Å²) in [5, 5.41) is 15.6. The van der Waals surface area contributed by atoms with Gasteiger partial charge in [0.05, 0.1) is 23.1 Å². The maximum Gasteiger partial charge on any atom is 0.102 e. The number of H-pyrrole nitrogens is 1. The lowest BCUT2D eigenvalue weighted by Gasteiger charge is -2.24. The fourth-order valence-corrected chi connectivity index (χ4v) is 3.66. The maximum atomic E-state index is 4.53. The van der Waals surface area contributed by atoms with Crippen LogP contribution in [0.5, 0.6) is 0 Å². The molecular formula is C21H21N7. The number of rotatable bonds is 4. The second-order valence-electron chi connectivity index (χ2n) is 7.06. The van der Waals surface area contributed by atoms with Crippen molar-refractivity contribution in [2.24, 2.45) is 0 Å². The highest BCUT2D eigenvalue weighted by Gasteiger charge is 2.15. The van der Waals surface area contributed by atoms with Crippen LogP contribution < -0.4 is 10.6 Å². The molecule has 0 saturated carbocycles. The first-order chi connectivity index (χ1) is 13.9. The number of aromatic nitrogens is 5. The van der Waals surface area contributed by atoms with Crippen LogP contribution in [0, 0.1) is 0 Å². The van der Waals surface area contributed by atoms with E-state index in [1.54, 1.807) is 6.20 Å². The van der Waals surface area contributed by atoms with Crippen molar-refractivity contribution in [3.05, 3.63) is 55.2 Å². The number of aromatic amines is 1. The van der Waals surface area contributed by atoms with E-state index in [4.69, 9.17) is 0 Å². The molecule has 3 N–H and O–H groups in total. The van der Waals surface area contributed by atoms with Crippen molar-refractivity contribution >= 4 is 16.6 Å². The highest BCUT2D eigenvalue weighted by molar-refractivity contribution is 5.94. The smallest absolute Gasteiger partial charge is 0.102 e. The zero-order valence-electron chi connectivity index (χ0n) is 15.4. The van der Waals surface area contributed by atoms with Gasteiger partial charge in [-0.15, -0.1) is 0 Å². The van der Waals surface area contributed by atoms with E-state index in [-0.39, 0.29) is 0 Å². The summed E-state index contributed by atoms with van der Waals surface area (Å²) in [6.45, 7) is 2.11. The van der Waals surface area contributed by atoms with Gasteiger partial charge in [-0.3, -0.25) is 20.1 Å². The van der Waals surface area contributed by atoms with Crippen molar-refractivity contribution in [2.75, 3.05) is 18.4 Å². The zero-order chi connectivity index (χ0) is 18.8. The van der Waals surface area contributed by atoms with Crippen LogP contribution in [0.15, 0.2) is 55.2 Å². The van der Waals surface area contributed by atoms with Crippen molar-refractivity contribution in [3.63, 3.8) is 0 Å². The van der Waals surface area contributed by atoms with Gasteiger partial charge in [-0.25, -0.2) is 0 Å². The van der Waals surface area contributed by atoms with E-state index in [2.05, 4.69) is 47.9 Å². The number of nitrogens with zero attached hydrogens (tertiary/aromatic N) is 4. The van der Waals surface area contributed by atoms with Gasteiger partial charge in [0.25, 0.3) is 0 Å². The average molecular weight is 371 g/mol. The zero-order valence-corrected chi connectivity index (χ0v) is 15.4. The number of hydrogen-bond acceptors (Lipinski definition) is 6. The second-order valence-corrected chi connectivity index (χ2v) is 7.06. The molecule has 5 rings (SSSR count). The first-order valence-electron chi connectivity index (χ1n) is 9.54. The van der Waals surface area contributed by atoms with Crippen LogP contribution in [0.3, 0.4) is 0 Å². The molecule has 28 heavy (non-hydrogen) atoms. The lowest BCUT2D eigenvalue weighted by molar-refractivity contribution is 0.479. The van der Waals surface area contributed by atoms with Gasteiger partial charge in [0.15, 0.2) is 0 Å². The third-order valence-electron chi connectivity index (χ3n) is 5.13. The van der Waals surface area contributed by atoms with E-state index in [0.717, 1.165) is 65.0 Å². The summed E-state index contributed by atoms with van der Waals surface area (Å²) in [6.07, 6.45) is 11.4. The number of piperidine rings is 1. The first kappa shape index (κ1) is 16.8. The molecule has 0 amide bonds. The average Bonchev–Trinajstić information content (AvgIpc) is 3.19. The van der Waals surface area contributed by atoms with E-state index < -0.39 is 0 Å². The molecule has 0 aromatic carbocycles. The number of anilines is 1. The van der Waals surface area contributed by atoms with Crippen molar-refractivity contribution in [1.82, 2.24) is 30.5 Å². The van der Waals surface area contributed by atoms with Gasteiger partial charge in [0, 0.05) is 47.3 Å². The highest BCUT2D eigenvalue weighted by atomic mass is 15.1. The summed E-state index contributed by atoms with van der Waals surface area (Å²) in [5.41, 5.74) is 5.65. The summed E-state index contributed by atoms with van der Waals surface area (Å²) in [4.78, 5) is 13.2. The highest BCUT2D eigenvalue weighted by Crippen LogP contribution is 2.30. The van der Waals surface area contributed by atoms with Crippen molar-refractivity contribution in [1.29, 1.82) is 0 Å². The van der Waals surface area contributed by atoms with E-state index in [0.29, 0.717) is 6.04 Å². The van der Waals surface area contributed by atoms with Crippen LogP contribution in [-0.4, -0.2) is 44.3 Å². The standard InChI is InChI=1S/C21H21N7/c1-2-14(10-23-5-1)19-9-18-20(13-25-19)27-28-21(18)15-8-17(12-24-11-15)26-16-3-6-22-7-4-16/h1-2,5,8-13,16,22,26H,3-4,6-7H2,(H,27,28). The topological polar surface area (TPSA) is 91.4 Å². The Balaban J connectivity index is 1.49. The summed E-state index contributed by atoms with van der Waals surface area (Å²) >= 11 is 0. The van der Waals surface area contributed by atoms with Crippen LogP contribution >= 0.6 is 0 Å². The predicted molar refractivity (Wildman–Crippen MR) is 110 cm³/mol. The Morgan fingerprint density at radius 2 is 1.86 bits per heavy atom. The molecular weight excluding hydrogens is 350 g/mol. The van der Waals surface area contributed by atoms with Crippen LogP contribution in [0.1, 0.15) is 12.8 Å². The Hall–Kier alpha value is -3.32. The molecule has 0 bridgehead atoms. The molecule has 1 aliphatic rings. The van der Waals surface area contributed by atoms with Gasteiger partial charge in [0.2, 0.25) is 0 Å². The Labute approximate surface area is 162 Å². The van der Waals surface area contributed by atoms with Crippen molar-refractivity contribution < 1.29 is 0 Å². The summed E-state index contributed by atoms with van der Waals surface area (Å²) in [7, 11) is 0. The van der Waals surface area contributed by atoms with Gasteiger partial charge in [-0.1, -0.05) is 0 Å². The van der Waals surface area contributed by atoms with Gasteiger partial charge >= 0.3 is 0 Å². The molecule has 0 radical (unpaired) electrons. The summed E-state index contributed by atoms with van der Waals surface area (Å²) < 4.78 is 0. The molecule has 0 aliphatic carbocycles.